The van der Waals surface area contributed by atoms with Crippen molar-refractivity contribution in [3.05, 3.63) is 22.8 Å². The van der Waals surface area contributed by atoms with Crippen LogP contribution in [0.4, 0.5) is 5.82 Å². The van der Waals surface area contributed by atoms with Crippen LogP contribution in [0.2, 0.25) is 0 Å². The molecular weight excluding hydrogens is 287 g/mol. The van der Waals surface area contributed by atoms with Gasteiger partial charge in [-0.25, -0.2) is 4.98 Å². The Labute approximate surface area is 105 Å². The minimum Gasteiger partial charge on any atom is -0.370 e. The summed E-state index contributed by atoms with van der Waals surface area (Å²) in [6.45, 7) is 1.08. The number of anilines is 1. The molecule has 1 N–H and O–H groups in total. The second-order valence-corrected chi connectivity index (χ2v) is 4.10. The number of hydrogen-bond acceptors (Lipinski definition) is 2. The normalized spacial score (nSPS) is 13.8. The van der Waals surface area contributed by atoms with Crippen molar-refractivity contribution in [2.75, 3.05) is 11.9 Å². The molecule has 0 unspecified atom stereocenters. The van der Waals surface area contributed by atoms with Crippen molar-refractivity contribution in [1.29, 1.82) is 0 Å². The van der Waals surface area contributed by atoms with E-state index in [1.165, 1.54) is 12.8 Å². The molecule has 0 spiro atoms. The first-order valence-electron chi connectivity index (χ1n) is 4.20. The first-order chi connectivity index (χ1) is 5.84. The van der Waals surface area contributed by atoms with Crippen LogP contribution in [0.25, 0.3) is 0 Å². The van der Waals surface area contributed by atoms with Crippen LogP contribution in [0, 0.1) is 5.92 Å². The largest absolute Gasteiger partial charge is 0.370 e. The third-order valence-electron chi connectivity index (χ3n) is 2.00. The molecule has 0 amide bonds. The molecule has 5 heteroatoms. The highest BCUT2D eigenvalue weighted by molar-refractivity contribution is 9.10. The van der Waals surface area contributed by atoms with Gasteiger partial charge < -0.3 is 5.32 Å². The fourth-order valence-corrected chi connectivity index (χ4v) is 1.29. The Hall–Kier alpha value is 0.01000. The second kappa shape index (κ2) is 6.49. The van der Waals surface area contributed by atoms with Crippen LogP contribution < -0.4 is 5.32 Å². The van der Waals surface area contributed by atoms with Gasteiger partial charge in [0.1, 0.15) is 5.82 Å². The Morgan fingerprint density at radius 3 is 2.57 bits per heavy atom. The Kier molecular flexibility index (Phi) is 6.49. The van der Waals surface area contributed by atoms with E-state index in [9.17, 15) is 0 Å². The average Bonchev–Trinajstić information content (AvgIpc) is 2.87. The summed E-state index contributed by atoms with van der Waals surface area (Å²) in [6, 6.07) is 3.99. The van der Waals surface area contributed by atoms with Crippen molar-refractivity contribution in [2.24, 2.45) is 5.92 Å². The van der Waals surface area contributed by atoms with Crippen molar-refractivity contribution >= 4 is 46.6 Å². The molecule has 0 atom stereocenters. The maximum Gasteiger partial charge on any atom is 0.125 e. The Morgan fingerprint density at radius 2 is 2.07 bits per heavy atom. The maximum atomic E-state index is 4.22. The number of nitrogens with zero attached hydrogens (tertiary/aromatic N) is 1. The van der Waals surface area contributed by atoms with E-state index in [2.05, 4.69) is 26.2 Å². The van der Waals surface area contributed by atoms with Gasteiger partial charge >= 0.3 is 0 Å². The van der Waals surface area contributed by atoms with Gasteiger partial charge in [0.2, 0.25) is 0 Å². The fourth-order valence-electron chi connectivity index (χ4n) is 1.05. The summed E-state index contributed by atoms with van der Waals surface area (Å²) in [5.41, 5.74) is 0. The number of aromatic nitrogens is 1. The van der Waals surface area contributed by atoms with Crippen LogP contribution in [-0.2, 0) is 0 Å². The molecule has 1 saturated carbocycles. The summed E-state index contributed by atoms with van der Waals surface area (Å²) in [4.78, 5) is 4.22. The Morgan fingerprint density at radius 1 is 1.36 bits per heavy atom. The van der Waals surface area contributed by atoms with Gasteiger partial charge in [-0.3, -0.25) is 0 Å². The molecule has 1 heterocycles. The molecule has 0 aliphatic heterocycles. The predicted molar refractivity (Wildman–Crippen MR) is 67.6 cm³/mol. The lowest BCUT2D eigenvalue weighted by Crippen LogP contribution is -2.04. The van der Waals surface area contributed by atoms with E-state index < -0.39 is 0 Å². The highest BCUT2D eigenvalue weighted by Gasteiger charge is 2.20. The second-order valence-electron chi connectivity index (χ2n) is 3.19. The zero-order chi connectivity index (χ0) is 8.39. The van der Waals surface area contributed by atoms with Gasteiger partial charge in [0, 0.05) is 17.2 Å². The lowest BCUT2D eigenvalue weighted by Gasteiger charge is -2.02. The van der Waals surface area contributed by atoms with E-state index in [1.807, 2.05) is 18.3 Å². The molecule has 1 aliphatic rings. The van der Waals surface area contributed by atoms with Gasteiger partial charge in [0.25, 0.3) is 0 Å². The Balaban J connectivity index is 0.000000845. The van der Waals surface area contributed by atoms with E-state index >= 15 is 0 Å². The molecule has 2 rings (SSSR count). The first kappa shape index (κ1) is 14.0. The number of halogens is 3. The molecule has 2 nitrogen and oxygen atoms in total. The number of rotatable bonds is 3. The molecule has 14 heavy (non-hydrogen) atoms. The van der Waals surface area contributed by atoms with Crippen LogP contribution in [0.3, 0.4) is 0 Å². The standard InChI is InChI=1S/C9H11BrN2.2ClH/c10-8-3-4-9(12-6-8)11-5-7-1-2-7;;/h3-4,6-7H,1-2,5H2,(H,11,12);2*1H. The molecule has 1 aliphatic carbocycles. The van der Waals surface area contributed by atoms with Gasteiger partial charge in [0.15, 0.2) is 0 Å². The fraction of sp³-hybridized carbons (Fsp3) is 0.444. The molecule has 0 bridgehead atoms. The minimum atomic E-state index is 0. The van der Waals surface area contributed by atoms with Crippen LogP contribution in [0.1, 0.15) is 12.8 Å². The number of hydrogen-bond donors (Lipinski definition) is 1. The van der Waals surface area contributed by atoms with Crippen molar-refractivity contribution < 1.29 is 0 Å². The summed E-state index contributed by atoms with van der Waals surface area (Å²) < 4.78 is 1.03. The molecule has 0 aromatic carbocycles. The summed E-state index contributed by atoms with van der Waals surface area (Å²) in [6.07, 6.45) is 4.57. The SMILES string of the molecule is Brc1ccc(NCC2CC2)nc1.Cl.Cl. The van der Waals surface area contributed by atoms with Crippen molar-refractivity contribution in [2.45, 2.75) is 12.8 Å². The summed E-state index contributed by atoms with van der Waals surface area (Å²) in [7, 11) is 0. The number of pyridine rings is 1. The number of nitrogens with one attached hydrogen (secondary N) is 1. The molecular formula is C9H13BrCl2N2. The average molecular weight is 300 g/mol. The third-order valence-corrected chi connectivity index (χ3v) is 2.47. The molecule has 1 fully saturated rings. The van der Waals surface area contributed by atoms with Crippen LogP contribution in [0.15, 0.2) is 22.8 Å². The van der Waals surface area contributed by atoms with Crippen LogP contribution in [0.5, 0.6) is 0 Å². The van der Waals surface area contributed by atoms with Gasteiger partial charge in [-0.05, 0) is 46.8 Å². The van der Waals surface area contributed by atoms with E-state index in [1.54, 1.807) is 0 Å². The summed E-state index contributed by atoms with van der Waals surface area (Å²) in [5, 5.41) is 3.30. The van der Waals surface area contributed by atoms with E-state index in [0.717, 1.165) is 22.8 Å². The highest BCUT2D eigenvalue weighted by Crippen LogP contribution is 2.28. The van der Waals surface area contributed by atoms with Crippen molar-refractivity contribution in [3.63, 3.8) is 0 Å². The quantitative estimate of drug-likeness (QED) is 0.924. The van der Waals surface area contributed by atoms with Gasteiger partial charge in [0.05, 0.1) is 0 Å². The van der Waals surface area contributed by atoms with Gasteiger partial charge in [-0.15, -0.1) is 24.8 Å². The highest BCUT2D eigenvalue weighted by atomic mass is 79.9. The Bertz CT molecular complexity index is 262. The molecule has 0 radical (unpaired) electrons. The molecule has 1 aromatic heterocycles. The third kappa shape index (κ3) is 4.49. The first-order valence-corrected chi connectivity index (χ1v) is 4.99. The predicted octanol–water partition coefficient (Wildman–Crippen LogP) is 3.51. The van der Waals surface area contributed by atoms with Gasteiger partial charge in [-0.1, -0.05) is 0 Å². The smallest absolute Gasteiger partial charge is 0.125 e. The lowest BCUT2D eigenvalue weighted by molar-refractivity contribution is 0.883. The van der Waals surface area contributed by atoms with Crippen molar-refractivity contribution in [1.82, 2.24) is 4.98 Å². The maximum absolute atomic E-state index is 4.22. The van der Waals surface area contributed by atoms with E-state index in [0.29, 0.717) is 0 Å². The molecule has 80 valence electrons. The zero-order valence-corrected chi connectivity index (χ0v) is 10.8. The van der Waals surface area contributed by atoms with Crippen LogP contribution >= 0.6 is 40.7 Å². The lowest BCUT2D eigenvalue weighted by atomic mass is 10.4. The minimum absolute atomic E-state index is 0. The van der Waals surface area contributed by atoms with E-state index in [-0.39, 0.29) is 24.8 Å². The van der Waals surface area contributed by atoms with Gasteiger partial charge in [-0.2, -0.15) is 0 Å². The summed E-state index contributed by atoms with van der Waals surface area (Å²) in [5.74, 6) is 1.88. The topological polar surface area (TPSA) is 24.9 Å². The monoisotopic (exact) mass is 298 g/mol. The molecule has 1 aromatic rings. The van der Waals surface area contributed by atoms with Crippen molar-refractivity contribution in [3.8, 4) is 0 Å². The van der Waals surface area contributed by atoms with E-state index in [4.69, 9.17) is 0 Å². The molecule has 0 saturated heterocycles. The van der Waals surface area contributed by atoms with Crippen LogP contribution in [-0.4, -0.2) is 11.5 Å². The zero-order valence-electron chi connectivity index (χ0n) is 7.57. The summed E-state index contributed by atoms with van der Waals surface area (Å²) >= 11 is 3.35.